The lowest BCUT2D eigenvalue weighted by molar-refractivity contribution is 0.00578. The van der Waals surface area contributed by atoms with E-state index in [-0.39, 0.29) is 18.3 Å². The Kier molecular flexibility index (Phi) is 2.93. The van der Waals surface area contributed by atoms with Gasteiger partial charge >= 0.3 is 7.12 Å². The van der Waals surface area contributed by atoms with E-state index in [0.717, 1.165) is 0 Å². The average Bonchev–Trinajstić information content (AvgIpc) is 2.19. The van der Waals surface area contributed by atoms with E-state index in [1.165, 1.54) is 0 Å². The van der Waals surface area contributed by atoms with Crippen LogP contribution >= 0.6 is 0 Å². The van der Waals surface area contributed by atoms with Gasteiger partial charge in [-0.15, -0.1) is 0 Å². The Balaban J connectivity index is 2.69. The van der Waals surface area contributed by atoms with Gasteiger partial charge in [-0.2, -0.15) is 5.26 Å². The van der Waals surface area contributed by atoms with Crippen molar-refractivity contribution >= 4 is 7.12 Å². The Hall–Kier alpha value is -0.525. The molecule has 0 atom stereocenters. The van der Waals surface area contributed by atoms with E-state index in [2.05, 4.69) is 6.07 Å². The number of nitriles is 1. The SMILES string of the molecule is CC(C)(C#N)CB1OC(C)(C)C(C)(C)O1. The lowest BCUT2D eigenvalue weighted by Gasteiger charge is -2.32. The normalized spacial score (nSPS) is 23.9. The predicted molar refractivity (Wildman–Crippen MR) is 60.3 cm³/mol. The molecule has 1 aliphatic heterocycles. The molecular weight excluding hydrogens is 189 g/mol. The summed E-state index contributed by atoms with van der Waals surface area (Å²) in [4.78, 5) is 0. The topological polar surface area (TPSA) is 42.2 Å². The van der Waals surface area contributed by atoms with Gasteiger partial charge in [0.1, 0.15) is 0 Å². The van der Waals surface area contributed by atoms with E-state index < -0.39 is 5.41 Å². The maximum atomic E-state index is 8.95. The van der Waals surface area contributed by atoms with Crippen LogP contribution in [0.25, 0.3) is 0 Å². The Labute approximate surface area is 92.9 Å². The summed E-state index contributed by atoms with van der Waals surface area (Å²) in [7, 11) is -0.273. The number of hydrogen-bond acceptors (Lipinski definition) is 3. The van der Waals surface area contributed by atoms with Crippen LogP contribution in [0.4, 0.5) is 0 Å². The summed E-state index contributed by atoms with van der Waals surface area (Å²) < 4.78 is 11.7. The fourth-order valence-corrected chi connectivity index (χ4v) is 1.51. The fraction of sp³-hybridized carbons (Fsp3) is 0.909. The van der Waals surface area contributed by atoms with Gasteiger partial charge in [0.2, 0.25) is 0 Å². The molecule has 0 saturated carbocycles. The molecule has 0 aromatic heterocycles. The first-order valence-corrected chi connectivity index (χ1v) is 5.37. The second-order valence-electron chi connectivity index (χ2n) is 5.89. The first-order chi connectivity index (χ1) is 6.60. The molecular formula is C11H20BNO2. The number of hydrogen-bond donors (Lipinski definition) is 0. The zero-order valence-electron chi connectivity index (χ0n) is 10.5. The third-order valence-electron chi connectivity index (χ3n) is 3.28. The smallest absolute Gasteiger partial charge is 0.403 e. The fourth-order valence-electron chi connectivity index (χ4n) is 1.51. The van der Waals surface area contributed by atoms with Gasteiger partial charge in [-0.25, -0.2) is 0 Å². The van der Waals surface area contributed by atoms with Crippen LogP contribution in [-0.2, 0) is 9.31 Å². The zero-order valence-corrected chi connectivity index (χ0v) is 10.5. The van der Waals surface area contributed by atoms with Gasteiger partial charge in [0.15, 0.2) is 0 Å². The minimum atomic E-state index is -0.402. The molecule has 1 aliphatic rings. The summed E-state index contributed by atoms with van der Waals surface area (Å²) in [6.45, 7) is 11.9. The van der Waals surface area contributed by atoms with Crippen LogP contribution in [0.1, 0.15) is 41.5 Å². The highest BCUT2D eigenvalue weighted by molar-refractivity contribution is 6.45. The molecule has 0 unspecified atom stereocenters. The molecule has 1 saturated heterocycles. The van der Waals surface area contributed by atoms with Gasteiger partial charge in [-0.3, -0.25) is 0 Å². The Morgan fingerprint density at radius 3 is 1.87 bits per heavy atom. The molecule has 0 aromatic carbocycles. The van der Waals surface area contributed by atoms with Crippen LogP contribution in [0.15, 0.2) is 0 Å². The molecule has 0 aromatic rings. The molecule has 3 nitrogen and oxygen atoms in total. The summed E-state index contributed by atoms with van der Waals surface area (Å²) in [6, 6.07) is 2.26. The van der Waals surface area contributed by atoms with Gasteiger partial charge in [-0.1, -0.05) is 0 Å². The van der Waals surface area contributed by atoms with Crippen molar-refractivity contribution in [3.8, 4) is 6.07 Å². The Bertz CT molecular complexity index is 275. The third kappa shape index (κ3) is 2.53. The number of rotatable bonds is 2. The summed E-state index contributed by atoms with van der Waals surface area (Å²) in [6.07, 6.45) is 0.608. The lowest BCUT2D eigenvalue weighted by Crippen LogP contribution is -2.41. The average molecular weight is 209 g/mol. The van der Waals surface area contributed by atoms with Crippen molar-refractivity contribution in [2.75, 3.05) is 0 Å². The molecule has 4 heteroatoms. The molecule has 1 heterocycles. The molecule has 1 rings (SSSR count). The first-order valence-electron chi connectivity index (χ1n) is 5.37. The lowest BCUT2D eigenvalue weighted by atomic mass is 9.70. The minimum absolute atomic E-state index is 0.273. The Morgan fingerprint density at radius 2 is 1.53 bits per heavy atom. The zero-order chi connectivity index (χ0) is 11.9. The van der Waals surface area contributed by atoms with Crippen molar-refractivity contribution in [3.63, 3.8) is 0 Å². The highest BCUT2D eigenvalue weighted by Crippen LogP contribution is 2.40. The maximum absolute atomic E-state index is 8.95. The second-order valence-corrected chi connectivity index (χ2v) is 5.89. The van der Waals surface area contributed by atoms with Gasteiger partial charge in [0.05, 0.1) is 22.7 Å². The molecule has 0 bridgehead atoms. The van der Waals surface area contributed by atoms with Crippen LogP contribution < -0.4 is 0 Å². The van der Waals surface area contributed by atoms with E-state index in [1.807, 2.05) is 41.5 Å². The Morgan fingerprint density at radius 1 is 1.13 bits per heavy atom. The van der Waals surface area contributed by atoms with Crippen molar-refractivity contribution in [1.29, 1.82) is 5.26 Å². The van der Waals surface area contributed by atoms with E-state index in [9.17, 15) is 0 Å². The maximum Gasteiger partial charge on any atom is 0.459 e. The molecule has 0 radical (unpaired) electrons. The highest BCUT2D eigenvalue weighted by Gasteiger charge is 2.52. The monoisotopic (exact) mass is 209 g/mol. The third-order valence-corrected chi connectivity index (χ3v) is 3.28. The summed E-state index contributed by atoms with van der Waals surface area (Å²) in [5.41, 5.74) is -1.01. The largest absolute Gasteiger partial charge is 0.459 e. The van der Waals surface area contributed by atoms with Gasteiger partial charge < -0.3 is 9.31 Å². The first kappa shape index (κ1) is 12.5. The molecule has 0 N–H and O–H groups in total. The van der Waals surface area contributed by atoms with Gasteiger partial charge in [0.25, 0.3) is 0 Å². The van der Waals surface area contributed by atoms with E-state index in [4.69, 9.17) is 14.6 Å². The molecule has 0 aliphatic carbocycles. The minimum Gasteiger partial charge on any atom is -0.403 e. The van der Waals surface area contributed by atoms with Crippen LogP contribution in [0.2, 0.25) is 6.32 Å². The van der Waals surface area contributed by atoms with Gasteiger partial charge in [0, 0.05) is 6.32 Å². The van der Waals surface area contributed by atoms with Crippen molar-refractivity contribution in [1.82, 2.24) is 0 Å². The summed E-state index contributed by atoms with van der Waals surface area (Å²) in [5.74, 6) is 0. The van der Waals surface area contributed by atoms with E-state index in [1.54, 1.807) is 0 Å². The highest BCUT2D eigenvalue weighted by atomic mass is 16.7. The van der Waals surface area contributed by atoms with E-state index >= 15 is 0 Å². The van der Waals surface area contributed by atoms with Crippen molar-refractivity contribution in [2.24, 2.45) is 5.41 Å². The quantitative estimate of drug-likeness (QED) is 0.656. The van der Waals surface area contributed by atoms with E-state index in [0.29, 0.717) is 6.32 Å². The number of nitrogens with zero attached hydrogens (tertiary/aromatic N) is 1. The van der Waals surface area contributed by atoms with Crippen molar-refractivity contribution < 1.29 is 9.31 Å². The van der Waals surface area contributed by atoms with Crippen LogP contribution in [0.5, 0.6) is 0 Å². The van der Waals surface area contributed by atoms with Gasteiger partial charge in [-0.05, 0) is 41.5 Å². The van der Waals surface area contributed by atoms with Crippen LogP contribution in [-0.4, -0.2) is 18.3 Å². The summed E-state index contributed by atoms with van der Waals surface area (Å²) in [5, 5.41) is 8.95. The van der Waals surface area contributed by atoms with Crippen LogP contribution in [0.3, 0.4) is 0 Å². The summed E-state index contributed by atoms with van der Waals surface area (Å²) >= 11 is 0. The van der Waals surface area contributed by atoms with Crippen molar-refractivity contribution in [2.45, 2.75) is 59.1 Å². The predicted octanol–water partition coefficient (Wildman–Crippen LogP) is 2.63. The van der Waals surface area contributed by atoms with Crippen molar-refractivity contribution in [3.05, 3.63) is 0 Å². The molecule has 0 spiro atoms. The molecule has 15 heavy (non-hydrogen) atoms. The molecule has 84 valence electrons. The second kappa shape index (κ2) is 3.50. The molecule has 1 fully saturated rings. The van der Waals surface area contributed by atoms with Crippen LogP contribution in [0, 0.1) is 16.7 Å². The standard InChI is InChI=1S/C11H20BNO2/c1-9(2,8-13)7-12-14-10(3,4)11(5,6)15-12/h7H2,1-6H3. The molecule has 0 amide bonds.